The number of rotatable bonds is 3. The molecule has 0 aliphatic heterocycles. The second kappa shape index (κ2) is 6.69. The zero-order chi connectivity index (χ0) is 15.0. The topological polar surface area (TPSA) is 54.4 Å². The molecule has 0 aliphatic rings. The molecule has 3 aromatic rings. The van der Waals surface area contributed by atoms with Crippen LogP contribution in [-0.4, -0.2) is 50.7 Å². The Morgan fingerprint density at radius 3 is 2.23 bits per heavy atom. The first-order valence-electron chi connectivity index (χ1n) is 6.53. The summed E-state index contributed by atoms with van der Waals surface area (Å²) >= 11 is 0. The predicted octanol–water partition coefficient (Wildman–Crippen LogP) is 3.05. The average Bonchev–Trinajstić information content (AvgIpc) is 2.44. The van der Waals surface area contributed by atoms with Crippen molar-refractivity contribution in [3.8, 4) is 0 Å². The van der Waals surface area contributed by atoms with Crippen molar-refractivity contribution in [2.45, 2.75) is 11.3 Å². The molecule has 0 bridgehead atoms. The van der Waals surface area contributed by atoms with Crippen molar-refractivity contribution < 1.29 is 13.0 Å². The Bertz CT molecular complexity index is 962. The summed E-state index contributed by atoms with van der Waals surface area (Å²) < 4.78 is 33.2. The molecule has 0 amide bonds. The first kappa shape index (κ1) is 17.4. The summed E-state index contributed by atoms with van der Waals surface area (Å²) in [5.74, 6) is 0. The molecule has 5 heteroatoms. The van der Waals surface area contributed by atoms with Gasteiger partial charge in [0.15, 0.2) is 0 Å². The van der Waals surface area contributed by atoms with E-state index in [1.807, 2.05) is 36.4 Å². The Hall–Kier alpha value is -0.910. The number of hydrogen-bond donors (Lipinski definition) is 1. The van der Waals surface area contributed by atoms with E-state index in [0.717, 1.165) is 16.2 Å². The fourth-order valence-electron chi connectivity index (χ4n) is 2.65. The zero-order valence-electron chi connectivity index (χ0n) is 11.3. The molecule has 0 aromatic heterocycles. The van der Waals surface area contributed by atoms with Gasteiger partial charge in [-0.2, -0.15) is 8.42 Å². The van der Waals surface area contributed by atoms with Crippen molar-refractivity contribution in [1.82, 2.24) is 0 Å². The van der Waals surface area contributed by atoms with E-state index < -0.39 is 10.1 Å². The van der Waals surface area contributed by atoms with Gasteiger partial charge in [0.2, 0.25) is 0 Å². The van der Waals surface area contributed by atoms with Gasteiger partial charge >= 0.3 is 37.7 Å². The van der Waals surface area contributed by atoms with Crippen LogP contribution in [0.4, 0.5) is 0 Å². The van der Waals surface area contributed by atoms with E-state index in [-0.39, 0.29) is 42.6 Å². The number of fused-ring (bicyclic) bond motifs is 2. The molecule has 1 N–H and O–H groups in total. The minimum absolute atomic E-state index is 0. The van der Waals surface area contributed by atoms with Crippen LogP contribution in [0.3, 0.4) is 0 Å². The average molecular weight is 340 g/mol. The second-order valence-electron chi connectivity index (χ2n) is 4.94. The number of hydrogen-bond acceptors (Lipinski definition) is 2. The maximum atomic E-state index is 11.8. The summed E-state index contributed by atoms with van der Waals surface area (Å²) in [4.78, 5) is -0.0225. The molecule has 0 saturated carbocycles. The van der Waals surface area contributed by atoms with Crippen LogP contribution in [-0.2, 0) is 16.5 Å². The van der Waals surface area contributed by atoms with E-state index in [1.54, 1.807) is 18.2 Å². The standard InChI is InChI=1S/C17H14O3S.Ca.2H/c1-2-5-12-8-9-15-10-13-6-3-4-7-14(13)11-16(15)17(12)21(18,19)20;;;/h2-4,6-11H,1,5H2,(H,18,19,20);;;. The van der Waals surface area contributed by atoms with Gasteiger partial charge in [-0.3, -0.25) is 4.55 Å². The predicted molar refractivity (Wildman–Crippen MR) is 93.7 cm³/mol. The van der Waals surface area contributed by atoms with E-state index in [9.17, 15) is 13.0 Å². The summed E-state index contributed by atoms with van der Waals surface area (Å²) in [6.07, 6.45) is 2.01. The number of benzene rings is 3. The molecule has 0 unspecified atom stereocenters. The van der Waals surface area contributed by atoms with Crippen molar-refractivity contribution in [3.05, 3.63) is 66.7 Å². The van der Waals surface area contributed by atoms with Gasteiger partial charge in [-0.1, -0.05) is 42.5 Å². The molecular formula is C17H16CaO3S. The molecule has 110 valence electrons. The molecule has 0 saturated heterocycles. The van der Waals surface area contributed by atoms with Gasteiger partial charge in [-0.05, 0) is 40.3 Å². The summed E-state index contributed by atoms with van der Waals surface area (Å²) in [6.45, 7) is 3.63. The Labute approximate surface area is 159 Å². The van der Waals surface area contributed by atoms with Crippen LogP contribution in [0.1, 0.15) is 5.56 Å². The molecule has 0 heterocycles. The minimum atomic E-state index is -4.30. The van der Waals surface area contributed by atoms with Gasteiger partial charge in [-0.15, -0.1) is 6.58 Å². The van der Waals surface area contributed by atoms with E-state index in [1.165, 1.54) is 0 Å². The van der Waals surface area contributed by atoms with E-state index >= 15 is 0 Å². The van der Waals surface area contributed by atoms with Crippen LogP contribution in [0.5, 0.6) is 0 Å². The van der Waals surface area contributed by atoms with Crippen molar-refractivity contribution in [3.63, 3.8) is 0 Å². The van der Waals surface area contributed by atoms with Crippen molar-refractivity contribution >= 4 is 69.4 Å². The molecule has 0 radical (unpaired) electrons. The first-order valence-corrected chi connectivity index (χ1v) is 7.97. The summed E-state index contributed by atoms with van der Waals surface area (Å²) in [5, 5.41) is 3.29. The fourth-order valence-corrected chi connectivity index (χ4v) is 3.59. The molecule has 3 aromatic carbocycles. The van der Waals surface area contributed by atoms with Gasteiger partial charge in [0.25, 0.3) is 10.1 Å². The SMILES string of the molecule is C=CCc1ccc2cc3ccccc3cc2c1S(=O)(=O)O.[CaH2]. The van der Waals surface area contributed by atoms with Gasteiger partial charge < -0.3 is 0 Å². The van der Waals surface area contributed by atoms with Crippen LogP contribution in [0.2, 0.25) is 0 Å². The first-order chi connectivity index (χ1) is 10.0. The van der Waals surface area contributed by atoms with Crippen LogP contribution in [0.15, 0.2) is 66.1 Å². The zero-order valence-corrected chi connectivity index (χ0v) is 12.1. The van der Waals surface area contributed by atoms with Crippen molar-refractivity contribution in [1.29, 1.82) is 0 Å². The third-order valence-electron chi connectivity index (χ3n) is 3.54. The Balaban J connectivity index is 0.00000176. The summed E-state index contributed by atoms with van der Waals surface area (Å²) in [6, 6.07) is 15.1. The molecule has 0 aliphatic carbocycles. The molecular weight excluding hydrogens is 324 g/mol. The molecule has 3 rings (SSSR count). The molecule has 22 heavy (non-hydrogen) atoms. The van der Waals surface area contributed by atoms with E-state index in [2.05, 4.69) is 6.58 Å². The van der Waals surface area contributed by atoms with E-state index in [4.69, 9.17) is 0 Å². The van der Waals surface area contributed by atoms with Crippen molar-refractivity contribution in [2.24, 2.45) is 0 Å². The summed E-state index contributed by atoms with van der Waals surface area (Å²) in [5.41, 5.74) is 0.551. The molecule has 0 spiro atoms. The maximum absolute atomic E-state index is 11.8. The number of allylic oxidation sites excluding steroid dienone is 1. The molecule has 0 atom stereocenters. The Kier molecular flexibility index (Phi) is 5.30. The van der Waals surface area contributed by atoms with Crippen LogP contribution in [0.25, 0.3) is 21.5 Å². The molecule has 0 fully saturated rings. The quantitative estimate of drug-likeness (QED) is 0.345. The third kappa shape index (κ3) is 3.21. The van der Waals surface area contributed by atoms with Gasteiger partial charge in [0.1, 0.15) is 4.90 Å². The van der Waals surface area contributed by atoms with Crippen LogP contribution >= 0.6 is 0 Å². The van der Waals surface area contributed by atoms with Gasteiger partial charge in [0.05, 0.1) is 0 Å². The normalized spacial score (nSPS) is 11.3. The van der Waals surface area contributed by atoms with Crippen LogP contribution < -0.4 is 0 Å². The Morgan fingerprint density at radius 2 is 1.64 bits per heavy atom. The fraction of sp³-hybridized carbons (Fsp3) is 0.0588. The van der Waals surface area contributed by atoms with Gasteiger partial charge in [0, 0.05) is 5.39 Å². The third-order valence-corrected chi connectivity index (χ3v) is 4.54. The summed E-state index contributed by atoms with van der Waals surface area (Å²) in [7, 11) is -4.30. The van der Waals surface area contributed by atoms with Crippen molar-refractivity contribution in [2.75, 3.05) is 0 Å². The Morgan fingerprint density at radius 1 is 1.00 bits per heavy atom. The van der Waals surface area contributed by atoms with Crippen LogP contribution in [0, 0.1) is 0 Å². The molecule has 3 nitrogen and oxygen atoms in total. The second-order valence-corrected chi connectivity index (χ2v) is 6.30. The van der Waals surface area contributed by atoms with Gasteiger partial charge in [-0.25, -0.2) is 0 Å². The monoisotopic (exact) mass is 340 g/mol. The van der Waals surface area contributed by atoms with E-state index in [0.29, 0.717) is 17.4 Å².